The summed E-state index contributed by atoms with van der Waals surface area (Å²) in [6, 6.07) is 1.80. The number of amides is 1. The van der Waals surface area contributed by atoms with Gasteiger partial charge in [0.2, 0.25) is 0 Å². The number of fused-ring (bicyclic) bond motifs is 1. The van der Waals surface area contributed by atoms with Crippen LogP contribution in [0.25, 0.3) is 0 Å². The van der Waals surface area contributed by atoms with Crippen LogP contribution in [0.4, 0.5) is 5.69 Å². The van der Waals surface area contributed by atoms with Crippen molar-refractivity contribution >= 4 is 22.9 Å². The lowest BCUT2D eigenvalue weighted by Crippen LogP contribution is -2.37. The zero-order valence-corrected chi connectivity index (χ0v) is 13.2. The maximum Gasteiger partial charge on any atom is 0.270 e. The standard InChI is InChI=1S/C16H17N3O2S/c1-10-15(22-14(18-10)8-11-2-3-11)16(20)19-6-7-21-13-4-5-17-9-12(13)19/h4-5,9,11H,2-3,6-8H2,1H3. The first-order valence-corrected chi connectivity index (χ1v) is 8.39. The largest absolute Gasteiger partial charge is 0.489 e. The highest BCUT2D eigenvalue weighted by Crippen LogP contribution is 2.36. The van der Waals surface area contributed by atoms with E-state index < -0.39 is 0 Å². The zero-order valence-electron chi connectivity index (χ0n) is 12.4. The molecule has 1 aliphatic heterocycles. The molecule has 0 saturated heterocycles. The monoisotopic (exact) mass is 315 g/mol. The summed E-state index contributed by atoms with van der Waals surface area (Å²) in [7, 11) is 0. The Morgan fingerprint density at radius 1 is 1.50 bits per heavy atom. The van der Waals surface area contributed by atoms with Gasteiger partial charge in [-0.25, -0.2) is 4.98 Å². The molecule has 0 aromatic carbocycles. The van der Waals surface area contributed by atoms with Gasteiger partial charge in [0.15, 0.2) is 0 Å². The van der Waals surface area contributed by atoms with Gasteiger partial charge in [0.25, 0.3) is 5.91 Å². The fraction of sp³-hybridized carbons (Fsp3) is 0.438. The summed E-state index contributed by atoms with van der Waals surface area (Å²) >= 11 is 1.54. The number of pyridine rings is 1. The number of carbonyl (C=O) groups is 1. The molecular formula is C16H17N3O2S. The molecule has 0 unspecified atom stereocenters. The van der Waals surface area contributed by atoms with Gasteiger partial charge in [-0.2, -0.15) is 0 Å². The summed E-state index contributed by atoms with van der Waals surface area (Å²) in [4.78, 5) is 24.1. The first-order valence-electron chi connectivity index (χ1n) is 7.57. The summed E-state index contributed by atoms with van der Waals surface area (Å²) in [6.07, 6.45) is 6.97. The van der Waals surface area contributed by atoms with E-state index in [2.05, 4.69) is 9.97 Å². The molecule has 0 atom stereocenters. The Kier molecular flexibility index (Phi) is 3.33. The molecule has 2 aromatic rings. The predicted octanol–water partition coefficient (Wildman–Crippen LogP) is 2.84. The van der Waals surface area contributed by atoms with Gasteiger partial charge < -0.3 is 4.74 Å². The zero-order chi connectivity index (χ0) is 15.1. The molecule has 114 valence electrons. The number of ether oxygens (including phenoxy) is 1. The predicted molar refractivity (Wildman–Crippen MR) is 84.7 cm³/mol. The number of aryl methyl sites for hydroxylation is 1. The van der Waals surface area contributed by atoms with Crippen LogP contribution in [0.2, 0.25) is 0 Å². The molecule has 0 radical (unpaired) electrons. The Labute approximate surface area is 133 Å². The van der Waals surface area contributed by atoms with Crippen molar-refractivity contribution in [2.75, 3.05) is 18.1 Å². The maximum atomic E-state index is 12.9. The number of aromatic nitrogens is 2. The minimum absolute atomic E-state index is 0.00889. The number of thiazole rings is 1. The quantitative estimate of drug-likeness (QED) is 0.874. The first-order chi connectivity index (χ1) is 10.7. The molecule has 3 heterocycles. The molecule has 2 aromatic heterocycles. The topological polar surface area (TPSA) is 55.3 Å². The summed E-state index contributed by atoms with van der Waals surface area (Å²) in [6.45, 7) is 2.98. The van der Waals surface area contributed by atoms with Gasteiger partial charge in [-0.15, -0.1) is 11.3 Å². The van der Waals surface area contributed by atoms with E-state index in [1.165, 1.54) is 12.8 Å². The van der Waals surface area contributed by atoms with Crippen LogP contribution in [0.15, 0.2) is 18.5 Å². The number of carbonyl (C=O) groups excluding carboxylic acids is 1. The third-order valence-corrected chi connectivity index (χ3v) is 5.23. The minimum atomic E-state index is 0.00889. The van der Waals surface area contributed by atoms with E-state index in [0.717, 1.165) is 39.4 Å². The average molecular weight is 315 g/mol. The summed E-state index contributed by atoms with van der Waals surface area (Å²) < 4.78 is 5.59. The second-order valence-electron chi connectivity index (χ2n) is 5.82. The van der Waals surface area contributed by atoms with Gasteiger partial charge in [-0.1, -0.05) is 0 Å². The molecule has 4 rings (SSSR count). The molecule has 1 aliphatic carbocycles. The number of rotatable bonds is 3. The van der Waals surface area contributed by atoms with Gasteiger partial charge in [-0.05, 0) is 25.7 Å². The summed E-state index contributed by atoms with van der Waals surface area (Å²) in [5.41, 5.74) is 1.58. The van der Waals surface area contributed by atoms with Crippen molar-refractivity contribution in [1.29, 1.82) is 0 Å². The Bertz CT molecular complexity index is 724. The van der Waals surface area contributed by atoms with Crippen LogP contribution in [0.1, 0.15) is 33.2 Å². The van der Waals surface area contributed by atoms with Crippen LogP contribution in [-0.2, 0) is 6.42 Å². The van der Waals surface area contributed by atoms with E-state index in [-0.39, 0.29) is 5.91 Å². The van der Waals surface area contributed by atoms with Crippen LogP contribution in [-0.4, -0.2) is 29.0 Å². The Hall–Kier alpha value is -1.95. The van der Waals surface area contributed by atoms with Gasteiger partial charge in [0.1, 0.15) is 22.9 Å². The fourth-order valence-corrected chi connectivity index (χ4v) is 3.83. The normalized spacial score (nSPS) is 17.0. The number of nitrogens with zero attached hydrogens (tertiary/aromatic N) is 3. The molecule has 0 bridgehead atoms. The molecule has 22 heavy (non-hydrogen) atoms. The Morgan fingerprint density at radius 2 is 2.36 bits per heavy atom. The molecule has 0 spiro atoms. The second kappa shape index (κ2) is 5.35. The van der Waals surface area contributed by atoms with Crippen molar-refractivity contribution in [3.8, 4) is 5.75 Å². The highest BCUT2D eigenvalue weighted by molar-refractivity contribution is 7.14. The third-order valence-electron chi connectivity index (χ3n) is 4.07. The van der Waals surface area contributed by atoms with Gasteiger partial charge in [0.05, 0.1) is 23.4 Å². The molecule has 5 nitrogen and oxygen atoms in total. The van der Waals surface area contributed by atoms with Crippen LogP contribution in [0, 0.1) is 12.8 Å². The number of hydrogen-bond donors (Lipinski definition) is 0. The van der Waals surface area contributed by atoms with Crippen LogP contribution >= 0.6 is 11.3 Å². The fourth-order valence-electron chi connectivity index (χ4n) is 2.71. The molecule has 0 N–H and O–H groups in total. The first kappa shape index (κ1) is 13.7. The van der Waals surface area contributed by atoms with Crippen molar-refractivity contribution in [1.82, 2.24) is 9.97 Å². The van der Waals surface area contributed by atoms with Crippen molar-refractivity contribution in [3.63, 3.8) is 0 Å². The van der Waals surface area contributed by atoms with Crippen molar-refractivity contribution in [2.45, 2.75) is 26.2 Å². The van der Waals surface area contributed by atoms with Gasteiger partial charge >= 0.3 is 0 Å². The third kappa shape index (κ3) is 2.47. The highest BCUT2D eigenvalue weighted by atomic mass is 32.1. The minimum Gasteiger partial charge on any atom is -0.489 e. The molecule has 1 fully saturated rings. The second-order valence-corrected chi connectivity index (χ2v) is 6.90. The molecular weight excluding hydrogens is 298 g/mol. The van der Waals surface area contributed by atoms with Crippen LogP contribution in [0.5, 0.6) is 5.75 Å². The average Bonchev–Trinajstić information content (AvgIpc) is 3.27. The van der Waals surface area contributed by atoms with E-state index in [9.17, 15) is 4.79 Å². The summed E-state index contributed by atoms with van der Waals surface area (Å²) in [5.74, 6) is 1.51. The van der Waals surface area contributed by atoms with Crippen molar-refractivity contribution in [2.24, 2.45) is 5.92 Å². The van der Waals surface area contributed by atoms with E-state index in [1.807, 2.05) is 6.92 Å². The number of anilines is 1. The Morgan fingerprint density at radius 3 is 3.18 bits per heavy atom. The van der Waals surface area contributed by atoms with E-state index in [0.29, 0.717) is 13.2 Å². The lowest BCUT2D eigenvalue weighted by Gasteiger charge is -2.28. The van der Waals surface area contributed by atoms with E-state index in [4.69, 9.17) is 4.74 Å². The van der Waals surface area contributed by atoms with E-state index in [1.54, 1.807) is 34.7 Å². The molecule has 1 amide bonds. The van der Waals surface area contributed by atoms with E-state index >= 15 is 0 Å². The van der Waals surface area contributed by atoms with Crippen molar-refractivity contribution < 1.29 is 9.53 Å². The smallest absolute Gasteiger partial charge is 0.270 e. The molecule has 6 heteroatoms. The highest BCUT2D eigenvalue weighted by Gasteiger charge is 2.29. The molecule has 2 aliphatic rings. The number of hydrogen-bond acceptors (Lipinski definition) is 5. The van der Waals surface area contributed by atoms with Gasteiger partial charge in [0, 0.05) is 18.7 Å². The molecule has 1 saturated carbocycles. The summed E-state index contributed by atoms with van der Waals surface area (Å²) in [5, 5.41) is 1.09. The lowest BCUT2D eigenvalue weighted by atomic mass is 10.2. The van der Waals surface area contributed by atoms with Gasteiger partial charge in [-0.3, -0.25) is 14.7 Å². The SMILES string of the molecule is Cc1nc(CC2CC2)sc1C(=O)N1CCOc2ccncc21. The lowest BCUT2D eigenvalue weighted by molar-refractivity contribution is 0.0979. The Balaban J connectivity index is 1.63. The van der Waals surface area contributed by atoms with Crippen LogP contribution in [0.3, 0.4) is 0 Å². The maximum absolute atomic E-state index is 12.9. The van der Waals surface area contributed by atoms with Crippen molar-refractivity contribution in [3.05, 3.63) is 34.0 Å². The van der Waals surface area contributed by atoms with Crippen LogP contribution < -0.4 is 9.64 Å².